The van der Waals surface area contributed by atoms with E-state index in [0.717, 1.165) is 12.0 Å². The highest BCUT2D eigenvalue weighted by Crippen LogP contribution is 2.16. The number of hydrogen-bond acceptors (Lipinski definition) is 3. The van der Waals surface area contributed by atoms with E-state index < -0.39 is 0 Å². The number of nitrogens with zero attached hydrogens (tertiary/aromatic N) is 1. The van der Waals surface area contributed by atoms with E-state index in [1.807, 2.05) is 19.9 Å². The second kappa shape index (κ2) is 5.96. The number of amides is 1. The number of nitrogens with one attached hydrogen (secondary N) is 1. The molecule has 0 aliphatic heterocycles. The average molecular weight is 249 g/mol. The van der Waals surface area contributed by atoms with E-state index in [4.69, 9.17) is 5.73 Å². The fourth-order valence-corrected chi connectivity index (χ4v) is 2.11. The molecule has 0 fully saturated rings. The van der Waals surface area contributed by atoms with Crippen molar-refractivity contribution in [3.63, 3.8) is 0 Å². The Balaban J connectivity index is 2.79. The minimum absolute atomic E-state index is 0.111. The van der Waals surface area contributed by atoms with E-state index in [1.165, 1.54) is 0 Å². The zero-order valence-electron chi connectivity index (χ0n) is 11.7. The van der Waals surface area contributed by atoms with Gasteiger partial charge in [0.25, 0.3) is 5.91 Å². The predicted octanol–water partition coefficient (Wildman–Crippen LogP) is 1.88. The van der Waals surface area contributed by atoms with Gasteiger partial charge in [-0.25, -0.2) is 0 Å². The largest absolute Gasteiger partial charge is 0.346 e. The monoisotopic (exact) mass is 249 g/mol. The van der Waals surface area contributed by atoms with Crippen molar-refractivity contribution in [3.05, 3.63) is 29.6 Å². The van der Waals surface area contributed by atoms with Crippen molar-refractivity contribution >= 4 is 5.91 Å². The molecule has 1 heterocycles. The number of aryl methyl sites for hydroxylation is 1. The van der Waals surface area contributed by atoms with Gasteiger partial charge in [0.1, 0.15) is 0 Å². The smallest absolute Gasteiger partial charge is 0.253 e. The van der Waals surface area contributed by atoms with Gasteiger partial charge < -0.3 is 11.1 Å². The number of nitrogens with two attached hydrogens (primary N) is 1. The number of carbonyl (C=O) groups excluding carboxylic acids is 1. The summed E-state index contributed by atoms with van der Waals surface area (Å²) in [5, 5.41) is 3.01. The van der Waals surface area contributed by atoms with E-state index in [1.54, 1.807) is 12.4 Å². The van der Waals surface area contributed by atoms with Crippen LogP contribution in [0.1, 0.15) is 43.1 Å². The SMILES string of the molecule is Cc1cncc(C(=O)NC(C)(CN)CC(C)C)c1. The molecule has 1 rings (SSSR count). The summed E-state index contributed by atoms with van der Waals surface area (Å²) in [6.45, 7) is 8.56. The lowest BCUT2D eigenvalue weighted by atomic mass is 9.90. The molecule has 0 aliphatic rings. The first-order valence-electron chi connectivity index (χ1n) is 6.30. The van der Waals surface area contributed by atoms with Gasteiger partial charge in [-0.3, -0.25) is 9.78 Å². The third kappa shape index (κ3) is 4.11. The Morgan fingerprint density at radius 2 is 2.17 bits per heavy atom. The molecule has 4 nitrogen and oxygen atoms in total. The van der Waals surface area contributed by atoms with Gasteiger partial charge >= 0.3 is 0 Å². The molecule has 1 atom stereocenters. The Bertz CT molecular complexity index is 417. The summed E-state index contributed by atoms with van der Waals surface area (Å²) in [6.07, 6.45) is 4.16. The van der Waals surface area contributed by atoms with Crippen molar-refractivity contribution in [1.82, 2.24) is 10.3 Å². The van der Waals surface area contributed by atoms with Gasteiger partial charge in [-0.2, -0.15) is 0 Å². The van der Waals surface area contributed by atoms with Gasteiger partial charge in [-0.1, -0.05) is 13.8 Å². The summed E-state index contributed by atoms with van der Waals surface area (Å²) in [7, 11) is 0. The highest BCUT2D eigenvalue weighted by atomic mass is 16.1. The van der Waals surface area contributed by atoms with Crippen LogP contribution in [0.4, 0.5) is 0 Å². The molecular weight excluding hydrogens is 226 g/mol. The number of hydrogen-bond donors (Lipinski definition) is 2. The summed E-state index contributed by atoms with van der Waals surface area (Å²) < 4.78 is 0. The molecule has 0 radical (unpaired) electrons. The van der Waals surface area contributed by atoms with Gasteiger partial charge in [0.2, 0.25) is 0 Å². The van der Waals surface area contributed by atoms with Crippen LogP contribution >= 0.6 is 0 Å². The van der Waals surface area contributed by atoms with E-state index >= 15 is 0 Å². The number of carbonyl (C=O) groups is 1. The molecule has 0 aromatic carbocycles. The normalized spacial score (nSPS) is 14.3. The van der Waals surface area contributed by atoms with E-state index in [-0.39, 0.29) is 11.4 Å². The maximum absolute atomic E-state index is 12.1. The molecule has 18 heavy (non-hydrogen) atoms. The fourth-order valence-electron chi connectivity index (χ4n) is 2.11. The van der Waals surface area contributed by atoms with Crippen molar-refractivity contribution < 1.29 is 4.79 Å². The third-order valence-electron chi connectivity index (χ3n) is 2.86. The summed E-state index contributed by atoms with van der Waals surface area (Å²) in [6, 6.07) is 1.83. The molecule has 100 valence electrons. The Labute approximate surface area is 109 Å². The Morgan fingerprint density at radius 3 is 2.67 bits per heavy atom. The molecule has 0 spiro atoms. The van der Waals surface area contributed by atoms with Gasteiger partial charge in [0, 0.05) is 24.5 Å². The highest BCUT2D eigenvalue weighted by Gasteiger charge is 2.26. The Hall–Kier alpha value is -1.42. The van der Waals surface area contributed by atoms with Crippen LogP contribution in [-0.2, 0) is 0 Å². The highest BCUT2D eigenvalue weighted by molar-refractivity contribution is 5.94. The van der Waals surface area contributed by atoms with Crippen molar-refractivity contribution in [1.29, 1.82) is 0 Å². The van der Waals surface area contributed by atoms with E-state index in [0.29, 0.717) is 18.0 Å². The van der Waals surface area contributed by atoms with Crippen molar-refractivity contribution in [2.75, 3.05) is 6.54 Å². The maximum Gasteiger partial charge on any atom is 0.253 e. The minimum Gasteiger partial charge on any atom is -0.346 e. The molecule has 0 bridgehead atoms. The lowest BCUT2D eigenvalue weighted by Gasteiger charge is -2.31. The summed E-state index contributed by atoms with van der Waals surface area (Å²) in [4.78, 5) is 16.2. The van der Waals surface area contributed by atoms with Crippen molar-refractivity contribution in [2.24, 2.45) is 11.7 Å². The first kappa shape index (κ1) is 14.6. The zero-order chi connectivity index (χ0) is 13.8. The van der Waals surface area contributed by atoms with Crippen LogP contribution in [0.5, 0.6) is 0 Å². The molecule has 0 aliphatic carbocycles. The molecule has 0 saturated heterocycles. The maximum atomic E-state index is 12.1. The van der Waals surface area contributed by atoms with Crippen LogP contribution in [0.3, 0.4) is 0 Å². The second-order valence-corrected chi connectivity index (χ2v) is 5.57. The average Bonchev–Trinajstić information content (AvgIpc) is 2.27. The first-order chi connectivity index (χ1) is 8.36. The summed E-state index contributed by atoms with van der Waals surface area (Å²) >= 11 is 0. The lowest BCUT2D eigenvalue weighted by molar-refractivity contribution is 0.0898. The standard InChI is InChI=1S/C14H23N3O/c1-10(2)6-14(4,9-15)17-13(18)12-5-11(3)7-16-8-12/h5,7-8,10H,6,9,15H2,1-4H3,(H,17,18). The lowest BCUT2D eigenvalue weighted by Crippen LogP contribution is -2.52. The predicted molar refractivity (Wildman–Crippen MR) is 73.4 cm³/mol. The molecular formula is C14H23N3O. The number of rotatable bonds is 5. The van der Waals surface area contributed by atoms with Gasteiger partial charge in [-0.05, 0) is 37.8 Å². The van der Waals surface area contributed by atoms with E-state index in [9.17, 15) is 4.79 Å². The van der Waals surface area contributed by atoms with E-state index in [2.05, 4.69) is 24.1 Å². The summed E-state index contributed by atoms with van der Waals surface area (Å²) in [5.41, 5.74) is 6.97. The van der Waals surface area contributed by atoms with Crippen molar-refractivity contribution in [3.8, 4) is 0 Å². The molecule has 1 unspecified atom stereocenters. The van der Waals surface area contributed by atoms with Crippen LogP contribution in [0, 0.1) is 12.8 Å². The topological polar surface area (TPSA) is 68.0 Å². The fraction of sp³-hybridized carbons (Fsp3) is 0.571. The molecule has 0 saturated carbocycles. The molecule has 4 heteroatoms. The van der Waals surface area contributed by atoms with Crippen molar-refractivity contribution in [2.45, 2.75) is 39.7 Å². The molecule has 1 aromatic heterocycles. The zero-order valence-corrected chi connectivity index (χ0v) is 11.7. The summed E-state index contributed by atoms with van der Waals surface area (Å²) in [5.74, 6) is 0.370. The number of pyridine rings is 1. The van der Waals surface area contributed by atoms with Crippen LogP contribution < -0.4 is 11.1 Å². The van der Waals surface area contributed by atoms with Gasteiger partial charge in [-0.15, -0.1) is 0 Å². The second-order valence-electron chi connectivity index (χ2n) is 5.57. The molecule has 3 N–H and O–H groups in total. The molecule has 1 aromatic rings. The Morgan fingerprint density at radius 1 is 1.50 bits per heavy atom. The molecule has 1 amide bonds. The van der Waals surface area contributed by atoms with Crippen LogP contribution in [0.2, 0.25) is 0 Å². The van der Waals surface area contributed by atoms with Gasteiger partial charge in [0.15, 0.2) is 0 Å². The van der Waals surface area contributed by atoms with Crippen LogP contribution in [0.25, 0.3) is 0 Å². The quantitative estimate of drug-likeness (QED) is 0.837. The minimum atomic E-state index is -0.366. The number of aromatic nitrogens is 1. The Kier molecular flexibility index (Phi) is 4.84. The van der Waals surface area contributed by atoms with Gasteiger partial charge in [0.05, 0.1) is 5.56 Å². The third-order valence-corrected chi connectivity index (χ3v) is 2.86. The van der Waals surface area contributed by atoms with Crippen LogP contribution in [-0.4, -0.2) is 23.0 Å². The first-order valence-corrected chi connectivity index (χ1v) is 6.30. The van der Waals surface area contributed by atoms with Crippen LogP contribution in [0.15, 0.2) is 18.5 Å².